The normalized spacial score (nSPS) is 26.6. The third kappa shape index (κ3) is 8.05. The Morgan fingerprint density at radius 2 is 2.00 bits per heavy atom. The van der Waals surface area contributed by atoms with Crippen molar-refractivity contribution in [2.24, 2.45) is 39.8 Å². The molecule has 2 bridgehead atoms. The van der Waals surface area contributed by atoms with E-state index < -0.39 is 23.7 Å². The summed E-state index contributed by atoms with van der Waals surface area (Å²) in [4.78, 5) is 41.6. The molecule has 0 aromatic heterocycles. The molecular weight excluding hydrogens is 577 g/mol. The fourth-order valence-corrected chi connectivity index (χ4v) is 7.41. The molecule has 13 heteroatoms. The molecule has 4 fully saturated rings. The summed E-state index contributed by atoms with van der Waals surface area (Å²) >= 11 is 0. The van der Waals surface area contributed by atoms with Gasteiger partial charge in [0.1, 0.15) is 5.75 Å². The van der Waals surface area contributed by atoms with Crippen molar-refractivity contribution in [2.75, 3.05) is 13.7 Å². The van der Waals surface area contributed by atoms with Crippen LogP contribution in [-0.2, 0) is 18.9 Å². The lowest BCUT2D eigenvalue weighted by Gasteiger charge is -2.64. The SMILES string of the molecule is COc1ccccc1/C=C\C(=O)C[C@@H](CCCN=C(N)N[N+](=O)[O-])C(=O)N[C@@H](CC(C)C)B1O[C@@H]2C[C@@H]3C[C@@H](C3(C)C)[C@]2(C)O1. The van der Waals surface area contributed by atoms with Crippen molar-refractivity contribution in [3.63, 3.8) is 0 Å². The van der Waals surface area contributed by atoms with Gasteiger partial charge < -0.3 is 25.1 Å². The molecule has 246 valence electrons. The van der Waals surface area contributed by atoms with E-state index in [0.717, 1.165) is 18.4 Å². The van der Waals surface area contributed by atoms with Crippen LogP contribution in [-0.4, -0.2) is 61.1 Å². The Morgan fingerprint density at radius 3 is 2.67 bits per heavy atom. The highest BCUT2D eigenvalue weighted by Crippen LogP contribution is 2.65. The van der Waals surface area contributed by atoms with Crippen LogP contribution in [0.15, 0.2) is 35.3 Å². The van der Waals surface area contributed by atoms with Crippen LogP contribution in [0.1, 0.15) is 78.7 Å². The Balaban J connectivity index is 1.47. The number of carbonyl (C=O) groups excluding carboxylic acids is 2. The molecule has 0 unspecified atom stereocenters. The van der Waals surface area contributed by atoms with E-state index in [2.05, 4.69) is 44.9 Å². The number of hydrogen-bond donors (Lipinski definition) is 3. The number of nitrogens with zero attached hydrogens (tertiary/aromatic N) is 2. The van der Waals surface area contributed by atoms with Gasteiger partial charge in [0.05, 0.1) is 24.8 Å². The fraction of sp³-hybridized carbons (Fsp3) is 0.656. The van der Waals surface area contributed by atoms with Gasteiger partial charge in [-0.3, -0.25) is 9.59 Å². The van der Waals surface area contributed by atoms with Gasteiger partial charge in [-0.05, 0) is 80.4 Å². The fourth-order valence-electron chi connectivity index (χ4n) is 7.41. The van der Waals surface area contributed by atoms with E-state index in [9.17, 15) is 19.7 Å². The molecular formula is C32H48BN5O7. The number of rotatable bonds is 15. The molecule has 1 aromatic rings. The van der Waals surface area contributed by atoms with E-state index in [1.807, 2.05) is 29.7 Å². The van der Waals surface area contributed by atoms with Crippen molar-refractivity contribution in [2.45, 2.75) is 90.8 Å². The average Bonchev–Trinajstić information content (AvgIpc) is 3.34. The summed E-state index contributed by atoms with van der Waals surface area (Å²) in [5.41, 5.74) is 7.89. The molecule has 6 atom stereocenters. The number of nitrogens with one attached hydrogen (secondary N) is 2. The lowest BCUT2D eigenvalue weighted by atomic mass is 9.43. The highest BCUT2D eigenvalue weighted by molar-refractivity contribution is 6.47. The number of ketones is 1. The molecule has 1 amide bonds. The summed E-state index contributed by atoms with van der Waals surface area (Å²) in [5.74, 6) is 0.0483. The van der Waals surface area contributed by atoms with Crippen LogP contribution in [0, 0.1) is 39.2 Å². The monoisotopic (exact) mass is 625 g/mol. The minimum atomic E-state index is -0.787. The molecule has 1 aromatic carbocycles. The first-order valence-corrected chi connectivity index (χ1v) is 15.9. The maximum Gasteiger partial charge on any atom is 0.481 e. The highest BCUT2D eigenvalue weighted by atomic mass is 16.7. The second-order valence-corrected chi connectivity index (χ2v) is 13.8. The van der Waals surface area contributed by atoms with Gasteiger partial charge in [-0.15, -0.1) is 0 Å². The number of carbonyl (C=O) groups is 2. The maximum absolute atomic E-state index is 13.9. The molecule has 12 nitrogen and oxygen atoms in total. The van der Waals surface area contributed by atoms with E-state index >= 15 is 0 Å². The van der Waals surface area contributed by atoms with E-state index in [4.69, 9.17) is 19.8 Å². The van der Waals surface area contributed by atoms with Crippen LogP contribution in [0.2, 0.25) is 0 Å². The quantitative estimate of drug-likeness (QED) is 0.0497. The zero-order valence-corrected chi connectivity index (χ0v) is 27.3. The van der Waals surface area contributed by atoms with Gasteiger partial charge in [0.2, 0.25) is 5.91 Å². The molecule has 4 N–H and O–H groups in total. The van der Waals surface area contributed by atoms with Crippen molar-refractivity contribution in [1.29, 1.82) is 0 Å². The Morgan fingerprint density at radius 1 is 1.27 bits per heavy atom. The molecule has 0 spiro atoms. The lowest BCUT2D eigenvalue weighted by Crippen LogP contribution is -2.65. The lowest BCUT2D eigenvalue weighted by molar-refractivity contribution is -0.525. The zero-order chi connectivity index (χ0) is 32.9. The number of methoxy groups -OCH3 is 1. The minimum Gasteiger partial charge on any atom is -0.496 e. The molecule has 5 rings (SSSR count). The van der Waals surface area contributed by atoms with Gasteiger partial charge in [-0.25, -0.2) is 15.1 Å². The number of benzene rings is 1. The molecule has 3 saturated carbocycles. The van der Waals surface area contributed by atoms with Crippen molar-refractivity contribution in [3.05, 3.63) is 46.0 Å². The van der Waals surface area contributed by atoms with E-state index in [1.165, 1.54) is 6.08 Å². The number of nitrogens with two attached hydrogens (primary N) is 1. The molecule has 3 aliphatic carbocycles. The number of amides is 1. The maximum atomic E-state index is 13.9. The summed E-state index contributed by atoms with van der Waals surface area (Å²) in [5, 5.41) is 13.0. The predicted octanol–water partition coefficient (Wildman–Crippen LogP) is 3.96. The Labute approximate surface area is 266 Å². The van der Waals surface area contributed by atoms with Crippen molar-refractivity contribution >= 4 is 30.8 Å². The number of allylic oxidation sites excluding steroid dienone is 1. The number of para-hydroxylation sites is 1. The van der Waals surface area contributed by atoms with Crippen molar-refractivity contribution in [1.82, 2.24) is 10.7 Å². The first kappa shape index (κ1) is 34.4. The number of aliphatic imine (C=N–C) groups is 1. The van der Waals surface area contributed by atoms with Crippen LogP contribution in [0.5, 0.6) is 5.75 Å². The smallest absolute Gasteiger partial charge is 0.481 e. The topological polar surface area (TPSA) is 167 Å². The third-order valence-electron chi connectivity index (χ3n) is 9.96. The van der Waals surface area contributed by atoms with Crippen LogP contribution >= 0.6 is 0 Å². The summed E-state index contributed by atoms with van der Waals surface area (Å²) in [6, 6.07) is 7.35. The summed E-state index contributed by atoms with van der Waals surface area (Å²) in [6.45, 7) is 11.1. The number of ether oxygens (including phenoxy) is 1. The second kappa shape index (κ2) is 14.3. The van der Waals surface area contributed by atoms with E-state index in [-0.39, 0.29) is 54.0 Å². The number of hydrazine groups is 1. The third-order valence-corrected chi connectivity index (χ3v) is 9.96. The minimum absolute atomic E-state index is 0.0144. The first-order chi connectivity index (χ1) is 21.2. The van der Waals surface area contributed by atoms with Crippen molar-refractivity contribution in [3.8, 4) is 5.75 Å². The van der Waals surface area contributed by atoms with Crippen LogP contribution in [0.25, 0.3) is 6.08 Å². The Bertz CT molecular complexity index is 1300. The van der Waals surface area contributed by atoms with Crippen molar-refractivity contribution < 1.29 is 28.7 Å². The van der Waals surface area contributed by atoms with Crippen LogP contribution < -0.4 is 21.2 Å². The average molecular weight is 626 g/mol. The number of hydrogen-bond acceptors (Lipinski definition) is 8. The second-order valence-electron chi connectivity index (χ2n) is 13.8. The molecule has 1 aliphatic heterocycles. The zero-order valence-electron chi connectivity index (χ0n) is 27.3. The number of guanidine groups is 1. The molecule has 1 saturated heterocycles. The molecule has 45 heavy (non-hydrogen) atoms. The Hall–Kier alpha value is -3.45. The largest absolute Gasteiger partial charge is 0.496 e. The summed E-state index contributed by atoms with van der Waals surface area (Å²) < 4.78 is 18.6. The molecule has 4 aliphatic rings. The van der Waals surface area contributed by atoms with E-state index in [1.54, 1.807) is 13.2 Å². The van der Waals surface area contributed by atoms with Gasteiger partial charge in [0, 0.05) is 24.4 Å². The number of nitro groups is 1. The van der Waals surface area contributed by atoms with Gasteiger partial charge in [0.25, 0.3) is 5.96 Å². The van der Waals surface area contributed by atoms with E-state index in [0.29, 0.717) is 36.8 Å². The van der Waals surface area contributed by atoms with Gasteiger partial charge in [-0.1, -0.05) is 51.3 Å². The summed E-state index contributed by atoms with van der Waals surface area (Å²) in [6.07, 6.45) is 6.56. The van der Waals surface area contributed by atoms with Crippen LogP contribution in [0.4, 0.5) is 0 Å². The molecule has 1 heterocycles. The van der Waals surface area contributed by atoms with Gasteiger partial charge in [0.15, 0.2) is 10.8 Å². The first-order valence-electron chi connectivity index (χ1n) is 15.9. The predicted molar refractivity (Wildman–Crippen MR) is 172 cm³/mol. The molecule has 0 radical (unpaired) electrons. The van der Waals surface area contributed by atoms with Gasteiger partial charge >= 0.3 is 7.12 Å². The Kier molecular flexibility index (Phi) is 11.0. The standard InChI is InChI=1S/C32H48BN5O7/c1-20(2)16-28(33-44-27-19-23-18-26(31(23,3)4)32(27,5)45-33)36-29(40)22(11-9-15-35-30(34)37-38(41)42)17-24(39)14-13-21-10-7-8-12-25(21)43-6/h7-8,10,12-14,20,22-23,26-28H,9,11,15-19H2,1-6H3,(H,36,40)(H3,34,35,37)/b14-13-/t22-,23+,26+,27-,28+,32+/m1/s1. The highest BCUT2D eigenvalue weighted by Gasteiger charge is 2.68. The van der Waals surface area contributed by atoms with Crippen LogP contribution in [0.3, 0.4) is 0 Å². The summed E-state index contributed by atoms with van der Waals surface area (Å²) in [7, 11) is 0.983. The van der Waals surface area contributed by atoms with Gasteiger partial charge in [-0.2, -0.15) is 0 Å².